The van der Waals surface area contributed by atoms with E-state index in [2.05, 4.69) is 20.4 Å². The molecule has 0 unspecified atom stereocenters. The van der Waals surface area contributed by atoms with Gasteiger partial charge in [-0.05, 0) is 0 Å². The van der Waals surface area contributed by atoms with Crippen LogP contribution in [0.25, 0.3) is 0 Å². The molecule has 0 aliphatic heterocycles. The van der Waals surface area contributed by atoms with Crippen LogP contribution in [0.15, 0.2) is 12.2 Å². The fourth-order valence-corrected chi connectivity index (χ4v) is 9.24. The van der Waals surface area contributed by atoms with Crippen molar-refractivity contribution in [3.05, 3.63) is 12.2 Å². The molecule has 0 aliphatic carbocycles. The summed E-state index contributed by atoms with van der Waals surface area (Å²) in [6, 6.07) is 0. The van der Waals surface area contributed by atoms with Crippen molar-refractivity contribution < 1.29 is 7.87 Å². The summed E-state index contributed by atoms with van der Waals surface area (Å²) >= 11 is -2.00. The first-order chi connectivity index (χ1) is 7.11. The van der Waals surface area contributed by atoms with Crippen molar-refractivity contribution in [3.8, 4) is 0 Å². The molecule has 88 valence electrons. The molecule has 2 nitrogen and oxygen atoms in total. The predicted molar refractivity (Wildman–Crippen MR) is 67.5 cm³/mol. The molecule has 0 N–H and O–H groups in total. The van der Waals surface area contributed by atoms with Crippen LogP contribution in [-0.4, -0.2) is 26.1 Å². The first kappa shape index (κ1) is 15.0. The van der Waals surface area contributed by atoms with Gasteiger partial charge in [0, 0.05) is 0 Å². The van der Waals surface area contributed by atoms with E-state index in [1.54, 1.807) is 6.92 Å². The molecule has 0 saturated carbocycles. The maximum atomic E-state index is 11.4. The number of hydrogen-bond acceptors (Lipinski definition) is 2. The van der Waals surface area contributed by atoms with Crippen LogP contribution in [0, 0.1) is 0 Å². The Morgan fingerprint density at radius 1 is 1.20 bits per heavy atom. The Labute approximate surface area is 101 Å². The van der Waals surface area contributed by atoms with Gasteiger partial charge in [0.15, 0.2) is 0 Å². The summed E-state index contributed by atoms with van der Waals surface area (Å²) in [6.07, 6.45) is 4.83. The zero-order valence-corrected chi connectivity index (χ0v) is 13.6. The number of rotatable bonds is 8. The van der Waals surface area contributed by atoms with Gasteiger partial charge < -0.3 is 0 Å². The second-order valence-electron chi connectivity index (χ2n) is 4.09. The number of unbranched alkanes of at least 4 members (excludes halogenated alkanes) is 2. The standard InChI is InChI=1S/C4H6O2.2C4H9.Sn.H/c1-3(2)4(5)6;2*1-3-4-2;;/h1H2,2H3,(H,5,6);2*1,3-4H2,2H3;;/q;;;+1;/p-1. The summed E-state index contributed by atoms with van der Waals surface area (Å²) in [7, 11) is 0. The van der Waals surface area contributed by atoms with Crippen LogP contribution in [0.2, 0.25) is 8.87 Å². The quantitative estimate of drug-likeness (QED) is 0.506. The Balaban J connectivity index is 3.98. The van der Waals surface area contributed by atoms with Crippen molar-refractivity contribution in [2.45, 2.75) is 55.3 Å². The van der Waals surface area contributed by atoms with E-state index in [4.69, 9.17) is 3.07 Å². The zero-order chi connectivity index (χ0) is 11.7. The van der Waals surface area contributed by atoms with Gasteiger partial charge in [0.25, 0.3) is 0 Å². The molecule has 0 fully saturated rings. The fraction of sp³-hybridized carbons (Fsp3) is 0.750. The third kappa shape index (κ3) is 7.88. The summed E-state index contributed by atoms with van der Waals surface area (Å²) < 4.78 is 7.97. The van der Waals surface area contributed by atoms with Gasteiger partial charge in [-0.15, -0.1) is 0 Å². The molecular weight excluding hydrogens is 295 g/mol. The number of hydrogen-bond donors (Lipinski definition) is 0. The van der Waals surface area contributed by atoms with E-state index in [-0.39, 0.29) is 5.97 Å². The molecule has 0 aromatic rings. The molecule has 0 aromatic heterocycles. The van der Waals surface area contributed by atoms with Crippen molar-refractivity contribution in [2.24, 2.45) is 0 Å². The van der Waals surface area contributed by atoms with Gasteiger partial charge in [-0.25, -0.2) is 0 Å². The van der Waals surface area contributed by atoms with E-state index in [9.17, 15) is 4.79 Å². The molecule has 0 spiro atoms. The molecule has 0 atom stereocenters. The monoisotopic (exact) mass is 320 g/mol. The van der Waals surface area contributed by atoms with Crippen LogP contribution in [0.4, 0.5) is 0 Å². The third-order valence-corrected chi connectivity index (χ3v) is 9.95. The molecular formula is C12H24O2Sn. The number of carbonyl (C=O) groups is 1. The molecule has 0 radical (unpaired) electrons. The van der Waals surface area contributed by atoms with Gasteiger partial charge >= 0.3 is 101 Å². The Morgan fingerprint density at radius 2 is 1.67 bits per heavy atom. The molecule has 0 heterocycles. The minimum atomic E-state index is -2.00. The molecule has 0 rings (SSSR count). The second kappa shape index (κ2) is 9.25. The summed E-state index contributed by atoms with van der Waals surface area (Å²) in [4.78, 5) is 11.4. The topological polar surface area (TPSA) is 26.3 Å². The van der Waals surface area contributed by atoms with E-state index in [0.717, 1.165) is 0 Å². The Kier molecular flexibility index (Phi) is 9.26. The van der Waals surface area contributed by atoms with Crippen molar-refractivity contribution in [3.63, 3.8) is 0 Å². The van der Waals surface area contributed by atoms with Crippen LogP contribution in [-0.2, 0) is 7.87 Å². The summed E-state index contributed by atoms with van der Waals surface area (Å²) in [5.41, 5.74) is 0.546. The molecule has 0 saturated heterocycles. The SMILES string of the molecule is C=C(C)C(=O)[O][SnH]([CH2]CCC)[CH2]CCC. The third-order valence-electron chi connectivity index (χ3n) is 2.38. The molecule has 0 aliphatic rings. The van der Waals surface area contributed by atoms with Crippen molar-refractivity contribution >= 4 is 26.1 Å². The van der Waals surface area contributed by atoms with Crippen LogP contribution in [0.5, 0.6) is 0 Å². The normalized spacial score (nSPS) is 10.4. The van der Waals surface area contributed by atoms with Crippen LogP contribution in [0.3, 0.4) is 0 Å². The number of carbonyl (C=O) groups excluding carboxylic acids is 1. The summed E-state index contributed by atoms with van der Waals surface area (Å²) in [5.74, 6) is -0.150. The average Bonchev–Trinajstić information content (AvgIpc) is 2.21. The molecule has 0 amide bonds. The maximum absolute atomic E-state index is 11.4. The van der Waals surface area contributed by atoms with Gasteiger partial charge in [0.05, 0.1) is 0 Å². The van der Waals surface area contributed by atoms with E-state index in [1.165, 1.54) is 34.6 Å². The zero-order valence-electron chi connectivity index (χ0n) is 10.3. The van der Waals surface area contributed by atoms with Gasteiger partial charge in [0.2, 0.25) is 0 Å². The van der Waals surface area contributed by atoms with Gasteiger partial charge in [-0.1, -0.05) is 0 Å². The van der Waals surface area contributed by atoms with Crippen molar-refractivity contribution in [1.82, 2.24) is 0 Å². The van der Waals surface area contributed by atoms with Gasteiger partial charge in [-0.3, -0.25) is 0 Å². The van der Waals surface area contributed by atoms with Crippen LogP contribution < -0.4 is 0 Å². The molecule has 0 bridgehead atoms. The van der Waals surface area contributed by atoms with Crippen LogP contribution >= 0.6 is 0 Å². The molecule has 3 heteroatoms. The molecule has 0 aromatic carbocycles. The van der Waals surface area contributed by atoms with Crippen molar-refractivity contribution in [2.75, 3.05) is 0 Å². The van der Waals surface area contributed by atoms with Crippen LogP contribution in [0.1, 0.15) is 46.5 Å². The second-order valence-corrected chi connectivity index (χ2v) is 11.6. The van der Waals surface area contributed by atoms with E-state index in [1.807, 2.05) is 0 Å². The minimum absolute atomic E-state index is 0.150. The predicted octanol–water partition coefficient (Wildman–Crippen LogP) is 3.43. The van der Waals surface area contributed by atoms with Crippen molar-refractivity contribution in [1.29, 1.82) is 0 Å². The summed E-state index contributed by atoms with van der Waals surface area (Å²) in [6.45, 7) is 9.72. The Bertz CT molecular complexity index is 194. The molecule has 15 heavy (non-hydrogen) atoms. The summed E-state index contributed by atoms with van der Waals surface area (Å²) in [5, 5.41) is 0. The van der Waals surface area contributed by atoms with E-state index < -0.39 is 20.2 Å². The van der Waals surface area contributed by atoms with Gasteiger partial charge in [-0.2, -0.15) is 0 Å². The first-order valence-electron chi connectivity index (χ1n) is 5.98. The van der Waals surface area contributed by atoms with Gasteiger partial charge in [0.1, 0.15) is 0 Å². The average molecular weight is 319 g/mol. The fourth-order valence-electron chi connectivity index (χ4n) is 1.38. The Hall–Kier alpha value is 0.00870. The van der Waals surface area contributed by atoms with E-state index >= 15 is 0 Å². The first-order valence-corrected chi connectivity index (χ1v) is 12.0. The van der Waals surface area contributed by atoms with E-state index in [0.29, 0.717) is 5.57 Å². The Morgan fingerprint density at radius 3 is 2.00 bits per heavy atom.